The van der Waals surface area contributed by atoms with Crippen molar-refractivity contribution in [3.05, 3.63) is 46.0 Å². The second kappa shape index (κ2) is 13.9. The average Bonchev–Trinajstić information content (AvgIpc) is 3.53. The summed E-state index contributed by atoms with van der Waals surface area (Å²) in [4.78, 5) is 27.5. The van der Waals surface area contributed by atoms with Gasteiger partial charge < -0.3 is 29.0 Å². The predicted octanol–water partition coefficient (Wildman–Crippen LogP) is 7.09. The average molecular weight is 691 g/mol. The number of methoxy groups -OCH3 is 3. The minimum absolute atomic E-state index is 0.0371. The monoisotopic (exact) mass is 690 g/mol. The molecule has 9 nitrogen and oxygen atoms in total. The van der Waals surface area contributed by atoms with Gasteiger partial charge in [0.25, 0.3) is 11.5 Å². The molecular weight excluding hydrogens is 650 g/mol. The van der Waals surface area contributed by atoms with E-state index in [-0.39, 0.29) is 48.4 Å². The number of unbranched alkanes of at least 4 members (excludes halogenated alkanes) is 1. The number of fused-ring (bicyclic) bond motifs is 1. The van der Waals surface area contributed by atoms with Crippen molar-refractivity contribution < 1.29 is 59.6 Å². The summed E-state index contributed by atoms with van der Waals surface area (Å²) in [5.41, 5.74) is -6.03. The third-order valence-corrected chi connectivity index (χ3v) is 8.74. The minimum atomic E-state index is -5.73. The highest BCUT2D eigenvalue weighted by molar-refractivity contribution is 6.07. The number of amides is 3. The minimum Gasteiger partial charge on any atom is -0.493 e. The zero-order valence-corrected chi connectivity index (χ0v) is 27.7. The molecular formula is C33H40F6N2O7. The standard InChI is InChI=1S/C33H40F6N2O7/c1-7-11-19-15-23-22(18-48-31(23,32(34,35)36)33(37,38)39)21(12-8-2)26(19)47-14-10-9-13-41-28(42)30(3,40-29(41)43)20-16-24(44-4)27(46-6)25(17-20)45-5/h15-17H,7-14,18H2,1-6H3,(H,40,43). The first-order valence-electron chi connectivity index (χ1n) is 15.6. The van der Waals surface area contributed by atoms with E-state index in [1.165, 1.54) is 21.3 Å². The van der Waals surface area contributed by atoms with Gasteiger partial charge >= 0.3 is 18.4 Å². The topological polar surface area (TPSA) is 95.6 Å². The quantitative estimate of drug-likeness (QED) is 0.129. The second-order valence-corrected chi connectivity index (χ2v) is 11.8. The molecule has 1 atom stereocenters. The molecule has 0 spiro atoms. The lowest BCUT2D eigenvalue weighted by atomic mass is 9.84. The molecule has 0 aliphatic carbocycles. The maximum Gasteiger partial charge on any atom is 0.430 e. The van der Waals surface area contributed by atoms with Crippen molar-refractivity contribution in [3.8, 4) is 23.0 Å². The fourth-order valence-corrected chi connectivity index (χ4v) is 6.35. The van der Waals surface area contributed by atoms with Gasteiger partial charge in [0, 0.05) is 17.7 Å². The van der Waals surface area contributed by atoms with Crippen LogP contribution in [0.4, 0.5) is 31.1 Å². The molecule has 48 heavy (non-hydrogen) atoms. The highest BCUT2D eigenvalue weighted by Gasteiger charge is 2.76. The number of alkyl halides is 6. The smallest absolute Gasteiger partial charge is 0.430 e. The van der Waals surface area contributed by atoms with Gasteiger partial charge in [-0.2, -0.15) is 26.3 Å². The number of carbonyl (C=O) groups excluding carboxylic acids is 2. The van der Waals surface area contributed by atoms with Crippen LogP contribution in [0, 0.1) is 0 Å². The summed E-state index contributed by atoms with van der Waals surface area (Å²) in [5, 5.41) is 2.73. The maximum atomic E-state index is 14.1. The van der Waals surface area contributed by atoms with E-state index in [0.717, 1.165) is 11.0 Å². The molecule has 266 valence electrons. The van der Waals surface area contributed by atoms with Crippen LogP contribution in [0.15, 0.2) is 18.2 Å². The molecule has 0 bridgehead atoms. The molecule has 1 saturated heterocycles. The molecule has 2 aliphatic rings. The molecule has 0 aromatic heterocycles. The van der Waals surface area contributed by atoms with Gasteiger partial charge in [-0.25, -0.2) is 4.79 Å². The van der Waals surface area contributed by atoms with E-state index in [4.69, 9.17) is 18.9 Å². The lowest BCUT2D eigenvalue weighted by Crippen LogP contribution is -2.53. The van der Waals surface area contributed by atoms with Gasteiger partial charge in [-0.3, -0.25) is 9.69 Å². The molecule has 2 aliphatic heterocycles. The fourth-order valence-electron chi connectivity index (χ4n) is 6.35. The first-order chi connectivity index (χ1) is 22.6. The number of imide groups is 1. The molecule has 4 rings (SSSR count). The third kappa shape index (κ3) is 6.21. The molecule has 0 saturated carbocycles. The molecule has 0 radical (unpaired) electrons. The molecule has 1 fully saturated rings. The number of nitrogens with one attached hydrogen (secondary N) is 1. The van der Waals surface area contributed by atoms with Gasteiger partial charge in [0.1, 0.15) is 11.3 Å². The summed E-state index contributed by atoms with van der Waals surface area (Å²) in [6.45, 7) is 4.32. The summed E-state index contributed by atoms with van der Waals surface area (Å²) >= 11 is 0. The number of rotatable bonds is 14. The first-order valence-corrected chi connectivity index (χ1v) is 15.6. The van der Waals surface area contributed by atoms with Crippen LogP contribution in [0.1, 0.15) is 74.3 Å². The van der Waals surface area contributed by atoms with Crippen LogP contribution in [0.3, 0.4) is 0 Å². The summed E-state index contributed by atoms with van der Waals surface area (Å²) in [7, 11) is 4.30. The molecule has 15 heteroatoms. The van der Waals surface area contributed by atoms with E-state index in [9.17, 15) is 35.9 Å². The van der Waals surface area contributed by atoms with Crippen LogP contribution in [0.5, 0.6) is 23.0 Å². The van der Waals surface area contributed by atoms with Gasteiger partial charge in [0.05, 0.1) is 34.5 Å². The summed E-state index contributed by atoms with van der Waals surface area (Å²) in [5.74, 6) is 0.675. The first kappa shape index (κ1) is 36.9. The zero-order valence-electron chi connectivity index (χ0n) is 27.7. The van der Waals surface area contributed by atoms with Crippen LogP contribution < -0.4 is 24.3 Å². The van der Waals surface area contributed by atoms with Crippen molar-refractivity contribution in [1.29, 1.82) is 0 Å². The zero-order chi connectivity index (χ0) is 35.7. The van der Waals surface area contributed by atoms with Crippen LogP contribution >= 0.6 is 0 Å². The van der Waals surface area contributed by atoms with Crippen LogP contribution in [-0.4, -0.2) is 63.7 Å². The Morgan fingerprint density at radius 3 is 2.00 bits per heavy atom. The number of hydrogen-bond acceptors (Lipinski definition) is 7. The number of hydrogen-bond donors (Lipinski definition) is 1. The maximum absolute atomic E-state index is 14.1. The van der Waals surface area contributed by atoms with Crippen molar-refractivity contribution >= 4 is 11.9 Å². The normalized spacial score (nSPS) is 19.0. The van der Waals surface area contributed by atoms with E-state index in [2.05, 4.69) is 10.1 Å². The molecule has 1 N–H and O–H groups in total. The highest BCUT2D eigenvalue weighted by atomic mass is 19.4. The Kier molecular flexibility index (Phi) is 10.7. The largest absolute Gasteiger partial charge is 0.493 e. The Morgan fingerprint density at radius 2 is 1.48 bits per heavy atom. The van der Waals surface area contributed by atoms with Gasteiger partial charge in [-0.15, -0.1) is 0 Å². The lowest BCUT2D eigenvalue weighted by molar-refractivity contribution is -0.385. The summed E-state index contributed by atoms with van der Waals surface area (Å²) in [6, 6.07) is 3.48. The van der Waals surface area contributed by atoms with E-state index in [1.807, 2.05) is 0 Å². The van der Waals surface area contributed by atoms with E-state index < -0.39 is 47.6 Å². The Labute approximate surface area is 274 Å². The Morgan fingerprint density at radius 1 is 0.875 bits per heavy atom. The molecule has 2 aromatic carbocycles. The van der Waals surface area contributed by atoms with Gasteiger partial charge in [-0.1, -0.05) is 26.7 Å². The predicted molar refractivity (Wildman–Crippen MR) is 161 cm³/mol. The van der Waals surface area contributed by atoms with Crippen LogP contribution in [0.2, 0.25) is 0 Å². The molecule has 1 unspecified atom stereocenters. The SMILES string of the molecule is CCCc1cc2c(c(CCC)c1OCCCCN1C(=O)NC(C)(c3cc(OC)c(OC)c(OC)c3)C1=O)COC2(C(F)(F)F)C(F)(F)F. The Balaban J connectivity index is 1.52. The molecule has 3 amide bonds. The lowest BCUT2D eigenvalue weighted by Gasteiger charge is -2.34. The number of nitrogens with zero attached hydrogens (tertiary/aromatic N) is 1. The number of carbonyl (C=O) groups is 2. The van der Waals surface area contributed by atoms with Crippen LogP contribution in [-0.2, 0) is 40.1 Å². The Bertz CT molecular complexity index is 1490. The summed E-state index contributed by atoms with van der Waals surface area (Å²) < 4.78 is 111. The van der Waals surface area contributed by atoms with E-state index in [1.54, 1.807) is 32.9 Å². The van der Waals surface area contributed by atoms with Crippen molar-refractivity contribution in [3.63, 3.8) is 0 Å². The second-order valence-electron chi connectivity index (χ2n) is 11.8. The highest BCUT2D eigenvalue weighted by Crippen LogP contribution is 2.58. The molecule has 2 heterocycles. The number of aryl methyl sites for hydroxylation is 1. The van der Waals surface area contributed by atoms with Crippen LogP contribution in [0.25, 0.3) is 0 Å². The fraction of sp³-hybridized carbons (Fsp3) is 0.576. The van der Waals surface area contributed by atoms with Gasteiger partial charge in [0.15, 0.2) is 11.5 Å². The van der Waals surface area contributed by atoms with Crippen molar-refractivity contribution in [2.75, 3.05) is 34.5 Å². The number of urea groups is 1. The van der Waals surface area contributed by atoms with Crippen molar-refractivity contribution in [2.45, 2.75) is 89.4 Å². The number of benzene rings is 2. The van der Waals surface area contributed by atoms with E-state index in [0.29, 0.717) is 48.5 Å². The molecule has 2 aromatic rings. The number of ether oxygens (including phenoxy) is 5. The van der Waals surface area contributed by atoms with Crippen molar-refractivity contribution in [2.24, 2.45) is 0 Å². The van der Waals surface area contributed by atoms with Gasteiger partial charge in [0.2, 0.25) is 5.75 Å². The summed E-state index contributed by atoms with van der Waals surface area (Å²) in [6.07, 6.45) is -9.55. The van der Waals surface area contributed by atoms with Crippen molar-refractivity contribution in [1.82, 2.24) is 10.2 Å². The van der Waals surface area contributed by atoms with E-state index >= 15 is 0 Å². The Hall–Kier alpha value is -3.88. The number of halogens is 6. The van der Waals surface area contributed by atoms with Gasteiger partial charge in [-0.05, 0) is 67.5 Å². The third-order valence-electron chi connectivity index (χ3n) is 8.74.